The Morgan fingerprint density at radius 1 is 1.23 bits per heavy atom. The van der Waals surface area contributed by atoms with E-state index < -0.39 is 10.0 Å². The number of aromatic nitrogens is 1. The molecule has 140 valence electrons. The summed E-state index contributed by atoms with van der Waals surface area (Å²) in [6.07, 6.45) is 0. The van der Waals surface area contributed by atoms with Crippen molar-refractivity contribution < 1.29 is 22.5 Å². The number of rotatable bonds is 5. The lowest BCUT2D eigenvalue weighted by atomic mass is 10.1. The minimum Gasteiger partial charge on any atom is -0.379 e. The first-order chi connectivity index (χ1) is 12.4. The molecule has 0 spiro atoms. The minimum absolute atomic E-state index is 0.104. The Kier molecular flexibility index (Phi) is 5.40. The van der Waals surface area contributed by atoms with Crippen LogP contribution in [-0.4, -0.2) is 50.1 Å². The van der Waals surface area contributed by atoms with Crippen LogP contribution in [0.15, 0.2) is 33.7 Å². The largest absolute Gasteiger partial charge is 0.379 e. The van der Waals surface area contributed by atoms with Crippen molar-refractivity contribution in [2.75, 3.05) is 26.3 Å². The number of carbonyl (C=O) groups excluding carboxylic acids is 1. The number of nitrogens with one attached hydrogen (secondary N) is 1. The Balaban J connectivity index is 1.79. The van der Waals surface area contributed by atoms with Gasteiger partial charge in [0.05, 0.1) is 24.7 Å². The normalized spacial score (nSPS) is 15.8. The SMILES string of the molecule is Cc1cc(CNC(=O)c2cc(S(=O)(=O)N3CCOCC3)ccc2C)no1. The zero-order chi connectivity index (χ0) is 18.7. The third kappa shape index (κ3) is 3.95. The number of benzene rings is 1. The first-order valence-electron chi connectivity index (χ1n) is 8.27. The van der Waals surface area contributed by atoms with E-state index in [1.165, 1.54) is 16.4 Å². The molecule has 26 heavy (non-hydrogen) atoms. The molecule has 1 aromatic carbocycles. The Labute approximate surface area is 152 Å². The molecular weight excluding hydrogens is 358 g/mol. The molecule has 1 fully saturated rings. The number of ether oxygens (including phenoxy) is 1. The highest BCUT2D eigenvalue weighted by molar-refractivity contribution is 7.89. The van der Waals surface area contributed by atoms with Gasteiger partial charge in [-0.2, -0.15) is 4.31 Å². The minimum atomic E-state index is -3.65. The number of aryl methyl sites for hydroxylation is 2. The van der Waals surface area contributed by atoms with Crippen LogP contribution in [0.5, 0.6) is 0 Å². The highest BCUT2D eigenvalue weighted by Crippen LogP contribution is 2.20. The van der Waals surface area contributed by atoms with Gasteiger partial charge >= 0.3 is 0 Å². The summed E-state index contributed by atoms with van der Waals surface area (Å²) < 4.78 is 37.1. The molecule has 1 aromatic heterocycles. The van der Waals surface area contributed by atoms with E-state index in [9.17, 15) is 13.2 Å². The van der Waals surface area contributed by atoms with E-state index in [2.05, 4.69) is 10.5 Å². The molecule has 1 aliphatic rings. The second kappa shape index (κ2) is 7.56. The molecule has 2 aromatic rings. The monoisotopic (exact) mass is 379 g/mol. The van der Waals surface area contributed by atoms with E-state index in [-0.39, 0.29) is 17.3 Å². The Morgan fingerprint density at radius 3 is 2.62 bits per heavy atom. The fraction of sp³-hybridized carbons (Fsp3) is 0.412. The van der Waals surface area contributed by atoms with Crippen LogP contribution in [0.25, 0.3) is 0 Å². The number of amides is 1. The Morgan fingerprint density at radius 2 is 1.96 bits per heavy atom. The Bertz CT molecular complexity index is 901. The van der Waals surface area contributed by atoms with E-state index in [1.807, 2.05) is 0 Å². The van der Waals surface area contributed by atoms with E-state index in [0.29, 0.717) is 48.9 Å². The molecule has 0 atom stereocenters. The number of nitrogens with zero attached hydrogens (tertiary/aromatic N) is 2. The average molecular weight is 379 g/mol. The van der Waals surface area contributed by atoms with Crippen molar-refractivity contribution in [3.63, 3.8) is 0 Å². The zero-order valence-electron chi connectivity index (χ0n) is 14.7. The van der Waals surface area contributed by atoms with Crippen LogP contribution in [0.2, 0.25) is 0 Å². The summed E-state index contributed by atoms with van der Waals surface area (Å²) in [5.74, 6) is 0.297. The molecule has 0 radical (unpaired) electrons. The second-order valence-corrected chi connectivity index (χ2v) is 8.04. The molecule has 0 unspecified atom stereocenters. The highest BCUT2D eigenvalue weighted by atomic mass is 32.2. The molecule has 1 N–H and O–H groups in total. The van der Waals surface area contributed by atoms with Crippen molar-refractivity contribution in [2.45, 2.75) is 25.3 Å². The summed E-state index contributed by atoms with van der Waals surface area (Å²) in [6.45, 7) is 5.09. The first kappa shape index (κ1) is 18.6. The van der Waals surface area contributed by atoms with Crippen molar-refractivity contribution in [3.8, 4) is 0 Å². The smallest absolute Gasteiger partial charge is 0.251 e. The maximum absolute atomic E-state index is 12.8. The molecule has 1 amide bonds. The molecule has 2 heterocycles. The second-order valence-electron chi connectivity index (χ2n) is 6.10. The molecule has 8 nitrogen and oxygen atoms in total. The molecule has 0 bridgehead atoms. The molecule has 9 heteroatoms. The van der Waals surface area contributed by atoms with E-state index in [1.54, 1.807) is 26.0 Å². The molecule has 3 rings (SSSR count). The van der Waals surface area contributed by atoms with E-state index >= 15 is 0 Å². The quantitative estimate of drug-likeness (QED) is 0.839. The lowest BCUT2D eigenvalue weighted by Gasteiger charge is -2.26. The maximum Gasteiger partial charge on any atom is 0.251 e. The van der Waals surface area contributed by atoms with Crippen LogP contribution in [0.4, 0.5) is 0 Å². The molecule has 0 saturated carbocycles. The lowest BCUT2D eigenvalue weighted by Crippen LogP contribution is -2.40. The fourth-order valence-corrected chi connectivity index (χ4v) is 4.14. The van der Waals surface area contributed by atoms with Gasteiger partial charge in [-0.05, 0) is 31.5 Å². The van der Waals surface area contributed by atoms with Gasteiger partial charge in [0, 0.05) is 24.7 Å². The fourth-order valence-electron chi connectivity index (χ4n) is 2.71. The summed E-state index contributed by atoms with van der Waals surface area (Å²) in [6, 6.07) is 6.32. The number of morpholine rings is 1. The lowest BCUT2D eigenvalue weighted by molar-refractivity contribution is 0.0730. The van der Waals surface area contributed by atoms with Crippen molar-refractivity contribution in [1.82, 2.24) is 14.8 Å². The highest BCUT2D eigenvalue weighted by Gasteiger charge is 2.27. The van der Waals surface area contributed by atoms with Crippen LogP contribution >= 0.6 is 0 Å². The van der Waals surface area contributed by atoms with Gasteiger partial charge in [-0.3, -0.25) is 4.79 Å². The number of hydrogen-bond acceptors (Lipinski definition) is 6. The third-order valence-electron chi connectivity index (χ3n) is 4.17. The summed E-state index contributed by atoms with van der Waals surface area (Å²) >= 11 is 0. The van der Waals surface area contributed by atoms with Gasteiger partial charge in [0.15, 0.2) is 0 Å². The van der Waals surface area contributed by atoms with Crippen molar-refractivity contribution in [3.05, 3.63) is 46.8 Å². The van der Waals surface area contributed by atoms with Crippen molar-refractivity contribution in [1.29, 1.82) is 0 Å². The Hall–Kier alpha value is -2.23. The molecule has 1 aliphatic heterocycles. The van der Waals surface area contributed by atoms with Crippen LogP contribution in [0, 0.1) is 13.8 Å². The summed E-state index contributed by atoms with van der Waals surface area (Å²) in [4.78, 5) is 12.6. The number of hydrogen-bond donors (Lipinski definition) is 1. The first-order valence-corrected chi connectivity index (χ1v) is 9.71. The van der Waals surface area contributed by atoms with Gasteiger partial charge in [-0.15, -0.1) is 0 Å². The molecule has 0 aliphatic carbocycles. The summed E-state index contributed by atoms with van der Waals surface area (Å²) in [5.41, 5.74) is 1.62. The van der Waals surface area contributed by atoms with Crippen molar-refractivity contribution >= 4 is 15.9 Å². The third-order valence-corrected chi connectivity index (χ3v) is 6.06. The molecule has 1 saturated heterocycles. The standard InChI is InChI=1S/C17H21N3O5S/c1-12-3-4-15(26(22,23)20-5-7-24-8-6-20)10-16(12)17(21)18-11-14-9-13(2)25-19-14/h3-4,9-10H,5-8,11H2,1-2H3,(H,18,21). The van der Waals surface area contributed by atoms with Gasteiger partial charge in [-0.25, -0.2) is 8.42 Å². The zero-order valence-corrected chi connectivity index (χ0v) is 15.5. The summed E-state index contributed by atoms with van der Waals surface area (Å²) in [5, 5.41) is 6.56. The van der Waals surface area contributed by atoms with E-state index in [0.717, 1.165) is 0 Å². The van der Waals surface area contributed by atoms with Gasteiger partial charge < -0.3 is 14.6 Å². The predicted molar refractivity (Wildman–Crippen MR) is 93.2 cm³/mol. The average Bonchev–Trinajstić information content (AvgIpc) is 3.06. The van der Waals surface area contributed by atoms with Gasteiger partial charge in [0.1, 0.15) is 11.5 Å². The van der Waals surface area contributed by atoms with Gasteiger partial charge in [-0.1, -0.05) is 11.2 Å². The molecular formula is C17H21N3O5S. The predicted octanol–water partition coefficient (Wildman–Crippen LogP) is 1.24. The van der Waals surface area contributed by atoms with Crippen LogP contribution in [-0.2, 0) is 21.3 Å². The topological polar surface area (TPSA) is 102 Å². The van der Waals surface area contributed by atoms with Crippen molar-refractivity contribution in [2.24, 2.45) is 0 Å². The summed E-state index contributed by atoms with van der Waals surface area (Å²) in [7, 11) is -3.65. The van der Waals surface area contributed by atoms with Gasteiger partial charge in [0.2, 0.25) is 10.0 Å². The number of carbonyl (C=O) groups is 1. The van der Waals surface area contributed by atoms with Gasteiger partial charge in [0.25, 0.3) is 5.91 Å². The van der Waals surface area contributed by atoms with Crippen LogP contribution < -0.4 is 5.32 Å². The van der Waals surface area contributed by atoms with Crippen LogP contribution in [0.1, 0.15) is 27.4 Å². The van der Waals surface area contributed by atoms with Crippen LogP contribution in [0.3, 0.4) is 0 Å². The maximum atomic E-state index is 12.8. The van der Waals surface area contributed by atoms with E-state index in [4.69, 9.17) is 9.26 Å². The number of sulfonamides is 1.